The van der Waals surface area contributed by atoms with Crippen LogP contribution in [0.25, 0.3) is 22.3 Å². The molecule has 158 valence electrons. The maximum Gasteiger partial charge on any atom is 0.300 e. The van der Waals surface area contributed by atoms with Gasteiger partial charge < -0.3 is 9.47 Å². The Labute approximate surface area is 182 Å². The molecule has 2 heterocycles. The van der Waals surface area contributed by atoms with E-state index in [1.165, 1.54) is 4.52 Å². The lowest BCUT2D eigenvalue weighted by Crippen LogP contribution is -2.26. The monoisotopic (exact) mass is 435 g/mol. The van der Waals surface area contributed by atoms with Crippen molar-refractivity contribution < 1.29 is 9.47 Å². The van der Waals surface area contributed by atoms with E-state index >= 15 is 0 Å². The predicted molar refractivity (Wildman–Crippen MR) is 121 cm³/mol. The van der Waals surface area contributed by atoms with Crippen LogP contribution in [0.2, 0.25) is 0 Å². The van der Waals surface area contributed by atoms with Gasteiger partial charge in [0.2, 0.25) is 4.96 Å². The zero-order chi connectivity index (χ0) is 21.8. The molecular formula is C23H21N3O4S. The van der Waals surface area contributed by atoms with Gasteiger partial charge in [-0.3, -0.25) is 9.59 Å². The molecule has 0 aliphatic rings. The quantitative estimate of drug-likeness (QED) is 0.444. The van der Waals surface area contributed by atoms with Crippen LogP contribution in [0.1, 0.15) is 25.8 Å². The van der Waals surface area contributed by atoms with Crippen molar-refractivity contribution in [3.8, 4) is 22.8 Å². The van der Waals surface area contributed by atoms with Crippen molar-refractivity contribution in [1.29, 1.82) is 0 Å². The van der Waals surface area contributed by atoms with Crippen LogP contribution in [-0.4, -0.2) is 27.8 Å². The molecule has 0 amide bonds. The normalized spacial score (nSPS) is 11.7. The minimum absolute atomic E-state index is 0.149. The van der Waals surface area contributed by atoms with E-state index in [1.807, 2.05) is 38.1 Å². The molecule has 0 radical (unpaired) electrons. The lowest BCUT2D eigenvalue weighted by atomic mass is 10.2. The third kappa shape index (κ3) is 4.34. The van der Waals surface area contributed by atoms with Gasteiger partial charge in [-0.25, -0.2) is 0 Å². The fraction of sp³-hybridized carbons (Fsp3) is 0.217. The molecule has 0 N–H and O–H groups in total. The summed E-state index contributed by atoms with van der Waals surface area (Å²) in [5, 5.41) is 4.28. The summed E-state index contributed by atoms with van der Waals surface area (Å²) < 4.78 is 13.0. The Bertz CT molecular complexity index is 1380. The zero-order valence-electron chi connectivity index (χ0n) is 17.2. The number of ether oxygens (including phenoxy) is 2. The Morgan fingerprint density at radius 2 is 1.84 bits per heavy atom. The van der Waals surface area contributed by atoms with E-state index < -0.39 is 5.56 Å². The van der Waals surface area contributed by atoms with Gasteiger partial charge in [-0.2, -0.15) is 14.6 Å². The molecule has 0 atom stereocenters. The predicted octanol–water partition coefficient (Wildman–Crippen LogP) is 2.91. The van der Waals surface area contributed by atoms with Crippen molar-refractivity contribution in [1.82, 2.24) is 14.6 Å². The first-order valence-corrected chi connectivity index (χ1v) is 10.8. The third-order valence-electron chi connectivity index (χ3n) is 4.46. The molecule has 4 aromatic rings. The van der Waals surface area contributed by atoms with Crippen LogP contribution in [0.5, 0.6) is 11.5 Å². The van der Waals surface area contributed by atoms with Crippen LogP contribution >= 0.6 is 11.3 Å². The molecule has 4 rings (SSSR count). The molecule has 2 aromatic heterocycles. The highest BCUT2D eigenvalue weighted by atomic mass is 32.1. The fourth-order valence-corrected chi connectivity index (χ4v) is 3.96. The number of hydrogen-bond donors (Lipinski definition) is 0. The van der Waals surface area contributed by atoms with Gasteiger partial charge in [-0.05, 0) is 37.1 Å². The van der Waals surface area contributed by atoms with Gasteiger partial charge in [0.25, 0.3) is 5.56 Å². The van der Waals surface area contributed by atoms with Gasteiger partial charge in [0.1, 0.15) is 0 Å². The Kier molecular flexibility index (Phi) is 6.08. The van der Waals surface area contributed by atoms with Crippen LogP contribution in [0.3, 0.4) is 0 Å². The molecule has 0 saturated heterocycles. The van der Waals surface area contributed by atoms with Crippen LogP contribution < -0.4 is 25.1 Å². The number of thiazole rings is 1. The summed E-state index contributed by atoms with van der Waals surface area (Å²) in [5.74, 6) is 1.29. The molecule has 0 saturated carbocycles. The van der Waals surface area contributed by atoms with Gasteiger partial charge >= 0.3 is 5.56 Å². The smallest absolute Gasteiger partial charge is 0.300 e. The van der Waals surface area contributed by atoms with Gasteiger partial charge in [0, 0.05) is 5.56 Å². The fourth-order valence-electron chi connectivity index (χ4n) is 3.05. The highest BCUT2D eigenvalue weighted by Crippen LogP contribution is 2.29. The standard InChI is InChI=1S/C23H21N3O4S/c1-3-12-30-17-11-10-15(13-18(17)29-4-2)14-19-22(28)26-23(31-19)24-21(27)20(25-26)16-8-6-5-7-9-16/h5-11,13-14H,3-4,12H2,1-2H3/b19-14+. The second kappa shape index (κ2) is 9.09. The van der Waals surface area contributed by atoms with E-state index in [9.17, 15) is 9.59 Å². The Morgan fingerprint density at radius 1 is 1.03 bits per heavy atom. The lowest BCUT2D eigenvalue weighted by Gasteiger charge is -2.11. The molecule has 0 aliphatic heterocycles. The molecule has 0 spiro atoms. The first kappa shape index (κ1) is 20.7. The van der Waals surface area contributed by atoms with E-state index in [0.717, 1.165) is 23.3 Å². The van der Waals surface area contributed by atoms with E-state index in [2.05, 4.69) is 10.1 Å². The third-order valence-corrected chi connectivity index (χ3v) is 5.42. The lowest BCUT2D eigenvalue weighted by molar-refractivity contribution is 0.277. The highest BCUT2D eigenvalue weighted by Gasteiger charge is 2.13. The number of aromatic nitrogens is 3. The second-order valence-electron chi connectivity index (χ2n) is 6.73. The number of fused-ring (bicyclic) bond motifs is 1. The molecule has 31 heavy (non-hydrogen) atoms. The van der Waals surface area contributed by atoms with Gasteiger partial charge in [-0.1, -0.05) is 54.7 Å². The van der Waals surface area contributed by atoms with Crippen molar-refractivity contribution >= 4 is 22.4 Å². The number of hydrogen-bond acceptors (Lipinski definition) is 7. The summed E-state index contributed by atoms with van der Waals surface area (Å²) in [6, 6.07) is 14.5. The van der Waals surface area contributed by atoms with E-state index in [0.29, 0.717) is 34.8 Å². The Morgan fingerprint density at radius 3 is 2.58 bits per heavy atom. The molecule has 2 aromatic carbocycles. The van der Waals surface area contributed by atoms with Gasteiger partial charge in [0.05, 0.1) is 17.7 Å². The summed E-state index contributed by atoms with van der Waals surface area (Å²) in [6.45, 7) is 5.04. The maximum absolute atomic E-state index is 12.9. The van der Waals surface area contributed by atoms with E-state index in [-0.39, 0.29) is 16.2 Å². The van der Waals surface area contributed by atoms with Crippen LogP contribution in [0.4, 0.5) is 0 Å². The minimum Gasteiger partial charge on any atom is -0.490 e. The summed E-state index contributed by atoms with van der Waals surface area (Å²) in [5.41, 5.74) is 0.761. The number of rotatable bonds is 7. The Balaban J connectivity index is 1.79. The van der Waals surface area contributed by atoms with Crippen LogP contribution in [0.15, 0.2) is 58.1 Å². The maximum atomic E-state index is 12.9. The van der Waals surface area contributed by atoms with E-state index in [1.54, 1.807) is 30.3 Å². The van der Waals surface area contributed by atoms with E-state index in [4.69, 9.17) is 9.47 Å². The van der Waals surface area contributed by atoms with Crippen LogP contribution in [0, 0.1) is 0 Å². The molecule has 7 nitrogen and oxygen atoms in total. The topological polar surface area (TPSA) is 82.8 Å². The van der Waals surface area contributed by atoms with Gasteiger partial charge in [-0.15, -0.1) is 0 Å². The SMILES string of the molecule is CCCOc1ccc(/C=c2/sc3nc(=O)c(-c4ccccc4)nn3c2=O)cc1OCC. The Hall–Kier alpha value is -3.52. The number of nitrogens with zero attached hydrogens (tertiary/aromatic N) is 3. The first-order valence-electron chi connectivity index (χ1n) is 10.0. The zero-order valence-corrected chi connectivity index (χ0v) is 18.0. The molecule has 0 unspecified atom stereocenters. The summed E-state index contributed by atoms with van der Waals surface area (Å²) in [6.07, 6.45) is 2.63. The molecule has 8 heteroatoms. The first-order chi connectivity index (χ1) is 15.1. The molecule has 0 aliphatic carbocycles. The van der Waals surface area contributed by atoms with Crippen molar-refractivity contribution in [2.24, 2.45) is 0 Å². The average Bonchev–Trinajstić information content (AvgIpc) is 3.07. The van der Waals surface area contributed by atoms with Crippen molar-refractivity contribution in [2.45, 2.75) is 20.3 Å². The van der Waals surface area contributed by atoms with Crippen LogP contribution in [-0.2, 0) is 0 Å². The van der Waals surface area contributed by atoms with Crippen molar-refractivity contribution in [3.63, 3.8) is 0 Å². The number of benzene rings is 2. The summed E-state index contributed by atoms with van der Waals surface area (Å²) >= 11 is 1.12. The summed E-state index contributed by atoms with van der Waals surface area (Å²) in [4.78, 5) is 29.7. The van der Waals surface area contributed by atoms with Gasteiger partial charge in [0.15, 0.2) is 17.2 Å². The summed E-state index contributed by atoms with van der Waals surface area (Å²) in [7, 11) is 0. The molecule has 0 bridgehead atoms. The molecule has 0 fully saturated rings. The minimum atomic E-state index is -0.463. The highest BCUT2D eigenvalue weighted by molar-refractivity contribution is 7.15. The average molecular weight is 436 g/mol. The van der Waals surface area contributed by atoms with Crippen molar-refractivity contribution in [3.05, 3.63) is 79.3 Å². The van der Waals surface area contributed by atoms with Crippen molar-refractivity contribution in [2.75, 3.05) is 13.2 Å². The molecular weight excluding hydrogens is 414 g/mol. The largest absolute Gasteiger partial charge is 0.490 e. The second-order valence-corrected chi connectivity index (χ2v) is 7.74.